The molecule has 4 nitrogen and oxygen atoms in total. The molecular formula is C21H28N2O2. The number of nitrogens with zero attached hydrogens (tertiary/aromatic N) is 1. The van der Waals surface area contributed by atoms with Crippen molar-refractivity contribution in [2.75, 3.05) is 20.7 Å². The van der Waals surface area contributed by atoms with Crippen LogP contribution in [0.5, 0.6) is 5.75 Å². The average Bonchev–Trinajstić information content (AvgIpc) is 3.18. The minimum atomic E-state index is 0.233. The van der Waals surface area contributed by atoms with Crippen molar-refractivity contribution in [2.24, 2.45) is 0 Å². The van der Waals surface area contributed by atoms with Crippen LogP contribution in [-0.2, 0) is 11.3 Å². The summed E-state index contributed by atoms with van der Waals surface area (Å²) in [6, 6.07) is 12.8. The molecule has 4 heteroatoms. The second kappa shape index (κ2) is 8.34. The van der Waals surface area contributed by atoms with Crippen LogP contribution in [0.3, 0.4) is 0 Å². The SMILES string of the molecule is CNCCC(=O)N(Cc1c(OC)ccc2ccccc12)C1CCCC1. The van der Waals surface area contributed by atoms with Gasteiger partial charge in [0, 0.05) is 24.6 Å². The smallest absolute Gasteiger partial charge is 0.224 e. The Hall–Kier alpha value is -2.07. The Balaban J connectivity index is 1.95. The number of carbonyl (C=O) groups excluding carboxylic acids is 1. The summed E-state index contributed by atoms with van der Waals surface area (Å²) < 4.78 is 5.63. The van der Waals surface area contributed by atoms with Gasteiger partial charge < -0.3 is 15.0 Å². The van der Waals surface area contributed by atoms with Crippen molar-refractivity contribution in [3.63, 3.8) is 0 Å². The van der Waals surface area contributed by atoms with Crippen molar-refractivity contribution in [1.82, 2.24) is 10.2 Å². The molecule has 0 unspecified atom stereocenters. The summed E-state index contributed by atoms with van der Waals surface area (Å²) in [6.07, 6.45) is 5.19. The summed E-state index contributed by atoms with van der Waals surface area (Å²) in [4.78, 5) is 15.0. The highest BCUT2D eigenvalue weighted by atomic mass is 16.5. The number of carbonyl (C=O) groups is 1. The maximum atomic E-state index is 12.9. The highest BCUT2D eigenvalue weighted by Crippen LogP contribution is 2.32. The molecule has 2 aromatic carbocycles. The molecule has 3 rings (SSSR count). The highest BCUT2D eigenvalue weighted by molar-refractivity contribution is 5.88. The van der Waals surface area contributed by atoms with Gasteiger partial charge in [-0.1, -0.05) is 43.2 Å². The van der Waals surface area contributed by atoms with Crippen molar-refractivity contribution in [1.29, 1.82) is 0 Å². The van der Waals surface area contributed by atoms with Gasteiger partial charge in [-0.2, -0.15) is 0 Å². The fourth-order valence-corrected chi connectivity index (χ4v) is 3.85. The van der Waals surface area contributed by atoms with Gasteiger partial charge in [-0.05, 0) is 36.7 Å². The monoisotopic (exact) mass is 340 g/mol. The molecule has 0 bridgehead atoms. The number of fused-ring (bicyclic) bond motifs is 1. The molecule has 25 heavy (non-hydrogen) atoms. The second-order valence-electron chi connectivity index (χ2n) is 6.78. The lowest BCUT2D eigenvalue weighted by Crippen LogP contribution is -2.39. The normalized spacial score (nSPS) is 14.8. The van der Waals surface area contributed by atoms with Crippen LogP contribution in [0.25, 0.3) is 10.8 Å². The average molecular weight is 340 g/mol. The van der Waals surface area contributed by atoms with E-state index in [1.165, 1.54) is 23.6 Å². The molecule has 2 aromatic rings. The summed E-state index contributed by atoms with van der Waals surface area (Å²) >= 11 is 0. The Labute approximate surface area is 150 Å². The van der Waals surface area contributed by atoms with Gasteiger partial charge in [0.15, 0.2) is 0 Å². The Kier molecular flexibility index (Phi) is 5.92. The van der Waals surface area contributed by atoms with E-state index in [1.54, 1.807) is 7.11 Å². The predicted octanol–water partition coefficient (Wildman–Crippen LogP) is 3.73. The van der Waals surface area contributed by atoms with E-state index < -0.39 is 0 Å². The molecule has 1 saturated carbocycles. The van der Waals surface area contributed by atoms with Crippen LogP contribution in [-0.4, -0.2) is 37.6 Å². The standard InChI is InChI=1S/C21H28N2O2/c1-22-14-13-21(24)23(17-8-4-5-9-17)15-19-18-10-6-3-7-16(18)11-12-20(19)25-2/h3,6-7,10-12,17,22H,4-5,8-9,13-15H2,1-2H3. The van der Waals surface area contributed by atoms with Crippen LogP contribution in [0.15, 0.2) is 36.4 Å². The van der Waals surface area contributed by atoms with Crippen molar-refractivity contribution < 1.29 is 9.53 Å². The molecule has 0 aromatic heterocycles. The number of methoxy groups -OCH3 is 1. The first-order chi connectivity index (χ1) is 12.2. The third kappa shape index (κ3) is 3.96. The number of amides is 1. The fourth-order valence-electron chi connectivity index (χ4n) is 3.85. The first-order valence-electron chi connectivity index (χ1n) is 9.23. The van der Waals surface area contributed by atoms with E-state index in [4.69, 9.17) is 4.74 Å². The van der Waals surface area contributed by atoms with Crippen molar-refractivity contribution in [2.45, 2.75) is 44.7 Å². The van der Waals surface area contributed by atoms with Crippen LogP contribution in [0.2, 0.25) is 0 Å². The molecule has 134 valence electrons. The molecule has 1 aliphatic rings. The molecule has 1 N–H and O–H groups in total. The topological polar surface area (TPSA) is 41.6 Å². The van der Waals surface area contributed by atoms with Crippen molar-refractivity contribution >= 4 is 16.7 Å². The lowest BCUT2D eigenvalue weighted by Gasteiger charge is -2.30. The number of benzene rings is 2. The Morgan fingerprint density at radius 1 is 1.20 bits per heavy atom. The molecule has 0 heterocycles. The van der Waals surface area contributed by atoms with Crippen molar-refractivity contribution in [3.05, 3.63) is 42.0 Å². The molecule has 1 aliphatic carbocycles. The zero-order valence-electron chi connectivity index (χ0n) is 15.3. The van der Waals surface area contributed by atoms with Gasteiger partial charge in [0.25, 0.3) is 0 Å². The van der Waals surface area contributed by atoms with Crippen molar-refractivity contribution in [3.8, 4) is 5.75 Å². The fraction of sp³-hybridized carbons (Fsp3) is 0.476. The molecule has 1 amide bonds. The van der Waals surface area contributed by atoms with E-state index in [9.17, 15) is 4.79 Å². The Morgan fingerprint density at radius 3 is 2.68 bits per heavy atom. The maximum absolute atomic E-state index is 12.9. The van der Waals surface area contributed by atoms with Gasteiger partial charge in [-0.15, -0.1) is 0 Å². The minimum Gasteiger partial charge on any atom is -0.496 e. The number of hydrogen-bond donors (Lipinski definition) is 1. The molecular weight excluding hydrogens is 312 g/mol. The number of nitrogens with one attached hydrogen (secondary N) is 1. The zero-order chi connectivity index (χ0) is 17.6. The summed E-state index contributed by atoms with van der Waals surface area (Å²) in [5.74, 6) is 1.10. The minimum absolute atomic E-state index is 0.233. The molecule has 0 aliphatic heterocycles. The molecule has 0 radical (unpaired) electrons. The summed E-state index contributed by atoms with van der Waals surface area (Å²) in [7, 11) is 3.59. The van der Waals surface area contributed by atoms with E-state index in [0.29, 0.717) is 25.6 Å². The third-order valence-electron chi connectivity index (χ3n) is 5.22. The molecule has 1 fully saturated rings. The Morgan fingerprint density at radius 2 is 1.96 bits per heavy atom. The second-order valence-corrected chi connectivity index (χ2v) is 6.78. The van der Waals surface area contributed by atoms with E-state index in [1.807, 2.05) is 25.2 Å². The van der Waals surface area contributed by atoms with E-state index in [0.717, 1.165) is 24.2 Å². The quantitative estimate of drug-likeness (QED) is 0.835. The molecule has 0 atom stereocenters. The van der Waals surface area contributed by atoms with Gasteiger partial charge in [-0.3, -0.25) is 4.79 Å². The zero-order valence-corrected chi connectivity index (χ0v) is 15.3. The number of rotatable bonds is 7. The number of hydrogen-bond acceptors (Lipinski definition) is 3. The van der Waals surface area contributed by atoms with Crippen LogP contribution in [0.4, 0.5) is 0 Å². The van der Waals surface area contributed by atoms with Crippen LogP contribution < -0.4 is 10.1 Å². The maximum Gasteiger partial charge on any atom is 0.224 e. The molecule has 0 spiro atoms. The number of ether oxygens (including phenoxy) is 1. The van der Waals surface area contributed by atoms with Gasteiger partial charge in [0.2, 0.25) is 5.91 Å². The van der Waals surface area contributed by atoms with Gasteiger partial charge in [0.1, 0.15) is 5.75 Å². The third-order valence-corrected chi connectivity index (χ3v) is 5.22. The first-order valence-corrected chi connectivity index (χ1v) is 9.23. The van der Waals surface area contributed by atoms with Gasteiger partial charge in [0.05, 0.1) is 13.7 Å². The van der Waals surface area contributed by atoms with Crippen LogP contribution >= 0.6 is 0 Å². The summed E-state index contributed by atoms with van der Waals surface area (Å²) in [5.41, 5.74) is 1.12. The van der Waals surface area contributed by atoms with Gasteiger partial charge >= 0.3 is 0 Å². The lowest BCUT2D eigenvalue weighted by molar-refractivity contribution is -0.134. The van der Waals surface area contributed by atoms with Gasteiger partial charge in [-0.25, -0.2) is 0 Å². The lowest BCUT2D eigenvalue weighted by atomic mass is 10.0. The molecule has 0 saturated heterocycles. The van der Waals surface area contributed by atoms with E-state index >= 15 is 0 Å². The van der Waals surface area contributed by atoms with E-state index in [-0.39, 0.29) is 5.91 Å². The summed E-state index contributed by atoms with van der Waals surface area (Å²) in [5, 5.41) is 5.45. The Bertz CT molecular complexity index is 723. The van der Waals surface area contributed by atoms with E-state index in [2.05, 4.69) is 28.4 Å². The van der Waals surface area contributed by atoms with Crippen LogP contribution in [0, 0.1) is 0 Å². The summed E-state index contributed by atoms with van der Waals surface area (Å²) in [6.45, 7) is 1.34. The predicted molar refractivity (Wildman–Crippen MR) is 102 cm³/mol. The highest BCUT2D eigenvalue weighted by Gasteiger charge is 2.27. The first kappa shape index (κ1) is 17.7. The largest absolute Gasteiger partial charge is 0.496 e. The van der Waals surface area contributed by atoms with Crippen LogP contribution in [0.1, 0.15) is 37.7 Å².